The Labute approximate surface area is 50.7 Å². The van der Waals surface area contributed by atoms with Gasteiger partial charge in [-0.1, -0.05) is 6.92 Å². The number of rotatable bonds is 3. The smallest absolute Gasteiger partial charge is 0.0552 e. The van der Waals surface area contributed by atoms with E-state index in [1.54, 1.807) is 0 Å². The summed E-state index contributed by atoms with van der Waals surface area (Å²) in [7, 11) is 0. The fourth-order valence-electron chi connectivity index (χ4n) is 0.596. The largest absolute Gasteiger partial charge is 0.393 e. The van der Waals surface area contributed by atoms with Crippen molar-refractivity contribution in [2.24, 2.45) is 5.73 Å². The van der Waals surface area contributed by atoms with Crippen LogP contribution in [0, 0.1) is 0 Å². The number of hydrogen-bond donors (Lipinski definition) is 2. The maximum atomic E-state index is 8.95. The molecule has 0 bridgehead atoms. The Morgan fingerprint density at radius 1 is 1.62 bits per heavy atom. The Morgan fingerprint density at radius 2 is 2.12 bits per heavy atom. The highest BCUT2D eigenvalue weighted by Gasteiger charge is 2.02. The van der Waals surface area contributed by atoms with Crippen molar-refractivity contribution in [2.45, 2.75) is 38.8 Å². The van der Waals surface area contributed by atoms with E-state index in [1.807, 2.05) is 13.8 Å². The molecule has 0 saturated carbocycles. The van der Waals surface area contributed by atoms with Crippen molar-refractivity contribution in [3.63, 3.8) is 0 Å². The molecule has 0 heterocycles. The second-order valence-electron chi connectivity index (χ2n) is 2.28. The van der Waals surface area contributed by atoms with Crippen molar-refractivity contribution in [2.75, 3.05) is 0 Å². The lowest BCUT2D eigenvalue weighted by atomic mass is 10.1. The summed E-state index contributed by atoms with van der Waals surface area (Å²) in [6.45, 7) is 3.85. The van der Waals surface area contributed by atoms with E-state index >= 15 is 0 Å². The van der Waals surface area contributed by atoms with Gasteiger partial charge in [-0.05, 0) is 19.8 Å². The van der Waals surface area contributed by atoms with Crippen LogP contribution in [0.3, 0.4) is 0 Å². The summed E-state index contributed by atoms with van der Waals surface area (Å²) in [6.07, 6.45) is 1.33. The maximum Gasteiger partial charge on any atom is 0.0552 e. The number of nitrogens with two attached hydrogens (primary N) is 1. The van der Waals surface area contributed by atoms with E-state index in [0.717, 1.165) is 12.8 Å². The molecule has 0 fully saturated rings. The number of aliphatic hydroxyl groups is 1. The first kappa shape index (κ1) is 7.92. The van der Waals surface area contributed by atoms with Crippen LogP contribution >= 0.6 is 0 Å². The third kappa shape index (κ3) is 4.09. The zero-order valence-electron chi connectivity index (χ0n) is 5.59. The van der Waals surface area contributed by atoms with Crippen LogP contribution in [0.4, 0.5) is 0 Å². The van der Waals surface area contributed by atoms with Crippen LogP contribution in [0.1, 0.15) is 26.7 Å². The summed E-state index contributed by atoms with van der Waals surface area (Å²) in [4.78, 5) is 0. The van der Waals surface area contributed by atoms with Crippen molar-refractivity contribution >= 4 is 0 Å². The Hall–Kier alpha value is -0.0800. The predicted molar refractivity (Wildman–Crippen MR) is 34.6 cm³/mol. The zero-order chi connectivity index (χ0) is 6.57. The molecule has 0 spiro atoms. The van der Waals surface area contributed by atoms with Gasteiger partial charge in [0, 0.05) is 6.04 Å². The van der Waals surface area contributed by atoms with Gasteiger partial charge in [-0.15, -0.1) is 0 Å². The Kier molecular flexibility index (Phi) is 3.83. The molecule has 0 aromatic carbocycles. The predicted octanol–water partition coefficient (Wildman–Crippen LogP) is 0.495. The Bertz CT molecular complexity index is 54.5. The molecule has 0 radical (unpaired) electrons. The molecule has 2 atom stereocenters. The maximum absolute atomic E-state index is 8.95. The van der Waals surface area contributed by atoms with Crippen molar-refractivity contribution < 1.29 is 5.11 Å². The standard InChI is InChI=1S/C6H15NO/c1-3-6(8)4-5(2)7/h5-6,8H,3-4,7H2,1-2H3/t5-,6+/m0/s1. The molecule has 8 heavy (non-hydrogen) atoms. The minimum Gasteiger partial charge on any atom is -0.393 e. The van der Waals surface area contributed by atoms with E-state index in [2.05, 4.69) is 0 Å². The zero-order valence-corrected chi connectivity index (χ0v) is 5.59. The number of hydrogen-bond acceptors (Lipinski definition) is 2. The van der Waals surface area contributed by atoms with Gasteiger partial charge >= 0.3 is 0 Å². The second kappa shape index (κ2) is 3.87. The highest BCUT2D eigenvalue weighted by atomic mass is 16.3. The van der Waals surface area contributed by atoms with Gasteiger partial charge in [0.15, 0.2) is 0 Å². The SMILES string of the molecule is CC[C@@H](O)C[C@H](C)N. The average molecular weight is 117 g/mol. The molecule has 0 saturated heterocycles. The fourth-order valence-corrected chi connectivity index (χ4v) is 0.596. The third-order valence-corrected chi connectivity index (χ3v) is 1.12. The highest BCUT2D eigenvalue weighted by Crippen LogP contribution is 1.97. The van der Waals surface area contributed by atoms with E-state index in [4.69, 9.17) is 10.8 Å². The first-order chi connectivity index (χ1) is 3.66. The van der Waals surface area contributed by atoms with Crippen LogP contribution in [0.2, 0.25) is 0 Å². The minimum atomic E-state index is -0.199. The molecule has 2 nitrogen and oxygen atoms in total. The lowest BCUT2D eigenvalue weighted by molar-refractivity contribution is 0.153. The summed E-state index contributed by atoms with van der Waals surface area (Å²) < 4.78 is 0. The van der Waals surface area contributed by atoms with Gasteiger partial charge in [-0.2, -0.15) is 0 Å². The van der Waals surface area contributed by atoms with Crippen molar-refractivity contribution in [3.8, 4) is 0 Å². The minimum absolute atomic E-state index is 0.130. The molecule has 0 aliphatic rings. The fraction of sp³-hybridized carbons (Fsp3) is 1.00. The quantitative estimate of drug-likeness (QED) is 0.565. The van der Waals surface area contributed by atoms with E-state index in [1.165, 1.54) is 0 Å². The van der Waals surface area contributed by atoms with Gasteiger partial charge in [-0.25, -0.2) is 0 Å². The van der Waals surface area contributed by atoms with Crippen LogP contribution in [0.5, 0.6) is 0 Å². The van der Waals surface area contributed by atoms with Crippen LogP contribution in [0.15, 0.2) is 0 Å². The lowest BCUT2D eigenvalue weighted by Crippen LogP contribution is -2.21. The number of aliphatic hydroxyl groups excluding tert-OH is 1. The van der Waals surface area contributed by atoms with Crippen LogP contribution < -0.4 is 5.73 Å². The Morgan fingerprint density at radius 3 is 2.25 bits per heavy atom. The summed E-state index contributed by atoms with van der Waals surface area (Å²) in [5, 5.41) is 8.95. The molecule has 2 heteroatoms. The van der Waals surface area contributed by atoms with E-state index in [-0.39, 0.29) is 12.1 Å². The molecule has 0 amide bonds. The summed E-state index contributed by atoms with van der Waals surface area (Å²) in [5.41, 5.74) is 5.41. The Balaban J connectivity index is 3.10. The molecule has 0 aromatic rings. The van der Waals surface area contributed by atoms with Gasteiger partial charge in [0.25, 0.3) is 0 Å². The summed E-state index contributed by atoms with van der Waals surface area (Å²) >= 11 is 0. The van der Waals surface area contributed by atoms with Crippen molar-refractivity contribution in [1.29, 1.82) is 0 Å². The van der Waals surface area contributed by atoms with E-state index < -0.39 is 0 Å². The monoisotopic (exact) mass is 117 g/mol. The summed E-state index contributed by atoms with van der Waals surface area (Å²) in [6, 6.07) is 0.130. The normalized spacial score (nSPS) is 18.0. The molecule has 0 aliphatic carbocycles. The third-order valence-electron chi connectivity index (χ3n) is 1.12. The van der Waals surface area contributed by atoms with Gasteiger partial charge in [-0.3, -0.25) is 0 Å². The molecule has 50 valence electrons. The molecule has 3 N–H and O–H groups in total. The van der Waals surface area contributed by atoms with Gasteiger partial charge < -0.3 is 10.8 Å². The average Bonchev–Trinajstić information content (AvgIpc) is 1.65. The van der Waals surface area contributed by atoms with Gasteiger partial charge in [0.1, 0.15) is 0 Å². The first-order valence-corrected chi connectivity index (χ1v) is 3.10. The van der Waals surface area contributed by atoms with Crippen LogP contribution in [-0.4, -0.2) is 17.3 Å². The van der Waals surface area contributed by atoms with E-state index in [0.29, 0.717) is 0 Å². The van der Waals surface area contributed by atoms with Crippen molar-refractivity contribution in [1.82, 2.24) is 0 Å². The molecule has 0 aromatic heterocycles. The van der Waals surface area contributed by atoms with E-state index in [9.17, 15) is 0 Å². The molecule has 0 aliphatic heterocycles. The van der Waals surface area contributed by atoms with Crippen LogP contribution in [-0.2, 0) is 0 Å². The molecular weight excluding hydrogens is 102 g/mol. The highest BCUT2D eigenvalue weighted by molar-refractivity contribution is 4.59. The van der Waals surface area contributed by atoms with Gasteiger partial charge in [0.05, 0.1) is 6.10 Å². The first-order valence-electron chi connectivity index (χ1n) is 3.10. The molecular formula is C6H15NO. The second-order valence-corrected chi connectivity index (χ2v) is 2.28. The molecule has 0 rings (SSSR count). The van der Waals surface area contributed by atoms with Crippen LogP contribution in [0.25, 0.3) is 0 Å². The van der Waals surface area contributed by atoms with Gasteiger partial charge in [0.2, 0.25) is 0 Å². The topological polar surface area (TPSA) is 46.2 Å². The van der Waals surface area contributed by atoms with Crippen molar-refractivity contribution in [3.05, 3.63) is 0 Å². The molecule has 0 unspecified atom stereocenters. The summed E-state index contributed by atoms with van der Waals surface area (Å²) in [5.74, 6) is 0. The lowest BCUT2D eigenvalue weighted by Gasteiger charge is -2.08.